The molecule has 0 saturated heterocycles. The number of benzene rings is 1. The number of carbonyl (C=O) groups excluding carboxylic acids is 1. The van der Waals surface area contributed by atoms with Crippen LogP contribution in [0.25, 0.3) is 17.1 Å². The van der Waals surface area contributed by atoms with Gasteiger partial charge in [0.1, 0.15) is 11.4 Å². The monoisotopic (exact) mass is 433 g/mol. The molecule has 0 saturated carbocycles. The Morgan fingerprint density at radius 2 is 1.90 bits per heavy atom. The van der Waals surface area contributed by atoms with Crippen LogP contribution in [-0.2, 0) is 0 Å². The first-order valence-electron chi connectivity index (χ1n) is 8.22. The molecule has 3 heterocycles. The maximum Gasteiger partial charge on any atom is 0.573 e. The van der Waals surface area contributed by atoms with E-state index in [1.54, 1.807) is 23.7 Å². The van der Waals surface area contributed by atoms with E-state index in [-0.39, 0.29) is 5.82 Å². The molecule has 0 aliphatic rings. The third kappa shape index (κ3) is 4.57. The van der Waals surface area contributed by atoms with Crippen molar-refractivity contribution in [2.24, 2.45) is 0 Å². The first kappa shape index (κ1) is 19.4. The number of alkyl halides is 3. The smallest absolute Gasteiger partial charge is 0.406 e. The van der Waals surface area contributed by atoms with E-state index in [0.717, 1.165) is 16.9 Å². The van der Waals surface area contributed by atoms with Crippen molar-refractivity contribution in [2.75, 3.05) is 5.32 Å². The van der Waals surface area contributed by atoms with Crippen LogP contribution >= 0.6 is 11.3 Å². The Labute approximate surface area is 170 Å². The average molecular weight is 433 g/mol. The zero-order valence-corrected chi connectivity index (χ0v) is 15.6. The number of nitrogens with zero attached hydrogens (tertiary/aromatic N) is 6. The number of rotatable bonds is 5. The van der Waals surface area contributed by atoms with E-state index in [1.807, 2.05) is 6.07 Å². The molecule has 0 bridgehead atoms. The highest BCUT2D eigenvalue weighted by atomic mass is 32.1. The van der Waals surface area contributed by atoms with Gasteiger partial charge in [-0.1, -0.05) is 6.07 Å². The molecule has 1 aromatic carbocycles. The Balaban J connectivity index is 1.44. The highest BCUT2D eigenvalue weighted by Gasteiger charge is 2.31. The summed E-state index contributed by atoms with van der Waals surface area (Å²) < 4.78 is 40.5. The van der Waals surface area contributed by atoms with Crippen LogP contribution in [0.4, 0.5) is 18.3 Å². The van der Waals surface area contributed by atoms with Gasteiger partial charge in [0.25, 0.3) is 11.7 Å². The lowest BCUT2D eigenvalue weighted by Crippen LogP contribution is -2.17. The predicted octanol–water partition coefficient (Wildman–Crippen LogP) is 3.33. The van der Waals surface area contributed by atoms with E-state index in [4.69, 9.17) is 0 Å². The quantitative estimate of drug-likeness (QED) is 0.514. The van der Waals surface area contributed by atoms with Gasteiger partial charge in [0.15, 0.2) is 5.13 Å². The molecular weight excluding hydrogens is 423 g/mol. The van der Waals surface area contributed by atoms with Gasteiger partial charge in [-0.15, -0.1) is 39.5 Å². The lowest BCUT2D eigenvalue weighted by atomic mass is 10.3. The van der Waals surface area contributed by atoms with Crippen molar-refractivity contribution in [3.63, 3.8) is 0 Å². The fourth-order valence-electron chi connectivity index (χ4n) is 2.31. The summed E-state index contributed by atoms with van der Waals surface area (Å²) in [5, 5.41) is 16.0. The van der Waals surface area contributed by atoms with Crippen LogP contribution in [-0.4, -0.2) is 42.4 Å². The number of anilines is 1. The molecular formula is C17H10F3N7O2S. The van der Waals surface area contributed by atoms with Gasteiger partial charge in [0.05, 0.1) is 11.4 Å². The van der Waals surface area contributed by atoms with E-state index < -0.39 is 18.0 Å². The molecule has 0 atom stereocenters. The fourth-order valence-corrected chi connectivity index (χ4v) is 3.01. The molecule has 9 nitrogen and oxygen atoms in total. The lowest BCUT2D eigenvalue weighted by molar-refractivity contribution is -0.274. The third-order valence-electron chi connectivity index (χ3n) is 3.57. The van der Waals surface area contributed by atoms with Gasteiger partial charge in [-0.05, 0) is 41.6 Å². The summed E-state index contributed by atoms with van der Waals surface area (Å²) in [6.07, 6.45) is -3.15. The number of hydrogen-bond donors (Lipinski definition) is 1. The Kier molecular flexibility index (Phi) is 5.10. The minimum atomic E-state index is -4.79. The SMILES string of the molecule is O=C(Nc1nc(-c2ccccn2)cs1)c1nnn(-c2ccc(OC(F)(F)F)cc2)n1. The predicted molar refractivity (Wildman–Crippen MR) is 99.1 cm³/mol. The number of carbonyl (C=O) groups is 1. The molecule has 0 radical (unpaired) electrons. The number of aromatic nitrogens is 6. The van der Waals surface area contributed by atoms with Crippen LogP contribution < -0.4 is 10.1 Å². The minimum Gasteiger partial charge on any atom is -0.406 e. The molecule has 13 heteroatoms. The van der Waals surface area contributed by atoms with Crippen LogP contribution in [0.3, 0.4) is 0 Å². The fraction of sp³-hybridized carbons (Fsp3) is 0.0588. The van der Waals surface area contributed by atoms with Gasteiger partial charge in [0, 0.05) is 11.6 Å². The van der Waals surface area contributed by atoms with E-state index >= 15 is 0 Å². The molecule has 0 fully saturated rings. The first-order valence-corrected chi connectivity index (χ1v) is 9.10. The number of hydrogen-bond acceptors (Lipinski definition) is 8. The Bertz CT molecular complexity index is 1160. The van der Waals surface area contributed by atoms with Crippen LogP contribution in [0.1, 0.15) is 10.6 Å². The second-order valence-electron chi connectivity index (χ2n) is 5.65. The van der Waals surface area contributed by atoms with Gasteiger partial charge < -0.3 is 4.74 Å². The lowest BCUT2D eigenvalue weighted by Gasteiger charge is -2.08. The highest BCUT2D eigenvalue weighted by Crippen LogP contribution is 2.24. The molecule has 3 aromatic heterocycles. The van der Waals surface area contributed by atoms with E-state index in [0.29, 0.717) is 22.2 Å². The Morgan fingerprint density at radius 1 is 1.10 bits per heavy atom. The minimum absolute atomic E-state index is 0.236. The first-order chi connectivity index (χ1) is 14.4. The van der Waals surface area contributed by atoms with E-state index in [9.17, 15) is 18.0 Å². The summed E-state index contributed by atoms with van der Waals surface area (Å²) in [4.78, 5) is 21.8. The maximum absolute atomic E-state index is 12.3. The van der Waals surface area contributed by atoms with Crippen molar-refractivity contribution < 1.29 is 22.7 Å². The van der Waals surface area contributed by atoms with E-state index in [1.165, 1.54) is 23.5 Å². The summed E-state index contributed by atoms with van der Waals surface area (Å²) >= 11 is 1.20. The van der Waals surface area contributed by atoms with Crippen molar-refractivity contribution in [1.29, 1.82) is 0 Å². The molecule has 152 valence electrons. The summed E-state index contributed by atoms with van der Waals surface area (Å²) in [5.41, 5.74) is 1.56. The van der Waals surface area contributed by atoms with Gasteiger partial charge in [-0.2, -0.15) is 0 Å². The van der Waals surface area contributed by atoms with Crippen LogP contribution in [0.2, 0.25) is 0 Å². The second-order valence-corrected chi connectivity index (χ2v) is 6.51. The summed E-state index contributed by atoms with van der Waals surface area (Å²) in [6, 6.07) is 10.2. The summed E-state index contributed by atoms with van der Waals surface area (Å²) in [7, 11) is 0. The van der Waals surface area contributed by atoms with Crippen molar-refractivity contribution in [1.82, 2.24) is 30.2 Å². The number of halogens is 3. The largest absolute Gasteiger partial charge is 0.573 e. The molecule has 4 rings (SSSR count). The number of pyridine rings is 1. The molecule has 1 N–H and O–H groups in total. The van der Waals surface area contributed by atoms with Gasteiger partial charge in [-0.25, -0.2) is 4.98 Å². The molecule has 0 aliphatic carbocycles. The number of thiazole rings is 1. The molecule has 1 amide bonds. The number of tetrazole rings is 1. The van der Waals surface area contributed by atoms with E-state index in [2.05, 4.69) is 35.4 Å². The van der Waals surface area contributed by atoms with Gasteiger partial charge >= 0.3 is 6.36 Å². The number of amides is 1. The molecule has 0 unspecified atom stereocenters. The Hall–Kier alpha value is -3.87. The van der Waals surface area contributed by atoms with Gasteiger partial charge in [-0.3, -0.25) is 15.1 Å². The normalized spacial score (nSPS) is 11.3. The zero-order chi connectivity index (χ0) is 21.1. The molecule has 0 aliphatic heterocycles. The number of nitrogens with one attached hydrogen (secondary N) is 1. The standard InChI is InChI=1S/C17H10F3N7O2S/c18-17(19,20)29-11-6-4-10(5-7-11)27-25-14(24-26-27)15(28)23-16-22-13(9-30-16)12-3-1-2-8-21-12/h1-9H,(H,22,23,28). The van der Waals surface area contributed by atoms with Crippen LogP contribution in [0, 0.1) is 0 Å². The maximum atomic E-state index is 12.3. The third-order valence-corrected chi connectivity index (χ3v) is 4.33. The van der Waals surface area contributed by atoms with Crippen LogP contribution in [0.15, 0.2) is 54.0 Å². The molecule has 4 aromatic rings. The highest BCUT2D eigenvalue weighted by molar-refractivity contribution is 7.14. The van der Waals surface area contributed by atoms with Crippen molar-refractivity contribution >= 4 is 22.4 Å². The zero-order valence-electron chi connectivity index (χ0n) is 14.7. The van der Waals surface area contributed by atoms with Crippen molar-refractivity contribution in [3.05, 3.63) is 59.9 Å². The number of ether oxygens (including phenoxy) is 1. The van der Waals surface area contributed by atoms with Crippen molar-refractivity contribution in [2.45, 2.75) is 6.36 Å². The average Bonchev–Trinajstić information content (AvgIpc) is 3.38. The van der Waals surface area contributed by atoms with Crippen molar-refractivity contribution in [3.8, 4) is 22.8 Å². The summed E-state index contributed by atoms with van der Waals surface area (Å²) in [6.45, 7) is 0. The summed E-state index contributed by atoms with van der Waals surface area (Å²) in [5.74, 6) is -1.27. The topological polar surface area (TPSA) is 108 Å². The molecule has 30 heavy (non-hydrogen) atoms. The second kappa shape index (κ2) is 7.87. The van der Waals surface area contributed by atoms with Crippen LogP contribution in [0.5, 0.6) is 5.75 Å². The van der Waals surface area contributed by atoms with Gasteiger partial charge in [0.2, 0.25) is 0 Å². The Morgan fingerprint density at radius 3 is 2.60 bits per heavy atom. The molecule has 0 spiro atoms.